The van der Waals surface area contributed by atoms with Gasteiger partial charge >= 0.3 is 0 Å². The van der Waals surface area contributed by atoms with Crippen LogP contribution in [-0.2, 0) is 7.05 Å². The van der Waals surface area contributed by atoms with E-state index in [1.165, 1.54) is 24.1 Å². The molecule has 0 unspecified atom stereocenters. The summed E-state index contributed by atoms with van der Waals surface area (Å²) >= 11 is 1.55. The molecule has 0 saturated heterocycles. The molecule has 1 aromatic carbocycles. The quantitative estimate of drug-likeness (QED) is 0.417. The van der Waals surface area contributed by atoms with Crippen molar-refractivity contribution in [3.8, 4) is 5.75 Å². The van der Waals surface area contributed by atoms with Gasteiger partial charge in [-0.15, -0.1) is 11.3 Å². The molecule has 31 heavy (non-hydrogen) atoms. The number of phenols is 1. The summed E-state index contributed by atoms with van der Waals surface area (Å²) in [6.07, 6.45) is 0.687. The Hall–Kier alpha value is -3.53. The molecule has 2 aromatic heterocycles. The van der Waals surface area contributed by atoms with Crippen LogP contribution in [0.5, 0.6) is 5.75 Å². The van der Waals surface area contributed by atoms with Crippen LogP contribution in [-0.4, -0.2) is 39.8 Å². The van der Waals surface area contributed by atoms with Crippen molar-refractivity contribution in [2.45, 2.75) is 19.4 Å². The van der Waals surface area contributed by atoms with Crippen molar-refractivity contribution in [1.29, 1.82) is 0 Å². The summed E-state index contributed by atoms with van der Waals surface area (Å²) in [4.78, 5) is 40.3. The number of carbonyl (C=O) groups is 1. The number of H-pyrrole nitrogens is 1. The average molecular weight is 444 g/mol. The first-order valence-electron chi connectivity index (χ1n) is 9.68. The summed E-state index contributed by atoms with van der Waals surface area (Å²) < 4.78 is 1.06. The number of rotatable bonds is 7. The van der Waals surface area contributed by atoms with E-state index in [1.54, 1.807) is 31.5 Å². The Balaban J connectivity index is 2.08. The first-order valence-corrected chi connectivity index (χ1v) is 10.6. The predicted molar refractivity (Wildman–Crippen MR) is 123 cm³/mol. The third-order valence-corrected chi connectivity index (χ3v) is 5.80. The Bertz CT molecular complexity index is 1200. The van der Waals surface area contributed by atoms with Crippen molar-refractivity contribution in [2.75, 3.05) is 24.7 Å². The molecule has 0 spiro atoms. The number of phenolic OH excluding ortho intramolecular Hbond substituents is 1. The van der Waals surface area contributed by atoms with Crippen molar-refractivity contribution in [1.82, 2.24) is 14.7 Å². The van der Waals surface area contributed by atoms with Gasteiger partial charge in [-0.1, -0.05) is 19.1 Å². The van der Waals surface area contributed by atoms with Gasteiger partial charge in [0.2, 0.25) is 0 Å². The number of anilines is 3. The smallest absolute Gasteiger partial charge is 0.290 e. The van der Waals surface area contributed by atoms with Crippen molar-refractivity contribution in [3.63, 3.8) is 0 Å². The molecule has 0 saturated carbocycles. The topological polar surface area (TPSA) is 119 Å². The fourth-order valence-electron chi connectivity index (χ4n) is 3.13. The molecule has 0 aliphatic heterocycles. The van der Waals surface area contributed by atoms with Crippen LogP contribution in [0, 0.1) is 0 Å². The van der Waals surface area contributed by atoms with Crippen molar-refractivity contribution in [3.05, 3.63) is 66.9 Å². The van der Waals surface area contributed by atoms with E-state index in [9.17, 15) is 19.5 Å². The maximum absolute atomic E-state index is 12.9. The monoisotopic (exact) mass is 443 g/mol. The minimum atomic E-state index is -0.494. The second kappa shape index (κ2) is 9.09. The van der Waals surface area contributed by atoms with Gasteiger partial charge in [-0.3, -0.25) is 24.2 Å². The number of hydrogen-bond donors (Lipinski definition) is 4. The maximum atomic E-state index is 12.9. The molecule has 0 aliphatic carbocycles. The Labute approximate surface area is 182 Å². The van der Waals surface area contributed by atoms with Crippen LogP contribution in [0.2, 0.25) is 0 Å². The Morgan fingerprint density at radius 3 is 2.58 bits per heavy atom. The van der Waals surface area contributed by atoms with E-state index < -0.39 is 11.1 Å². The van der Waals surface area contributed by atoms with E-state index in [-0.39, 0.29) is 40.3 Å². The SMILES string of the molecule is CC[C@@H](Nc1c(Nc2cccc(C(=O)N(C)C)c2O)c(=O)n(C)[nH]c1=O)c1cccs1. The normalized spacial score (nSPS) is 11.7. The number of amides is 1. The van der Waals surface area contributed by atoms with Gasteiger partial charge in [0.25, 0.3) is 17.0 Å². The van der Waals surface area contributed by atoms with Crippen molar-refractivity contribution in [2.24, 2.45) is 7.05 Å². The van der Waals surface area contributed by atoms with Gasteiger partial charge in [-0.05, 0) is 30.0 Å². The number of nitrogens with one attached hydrogen (secondary N) is 3. The standard InChI is InChI=1S/C21H25N5O4S/c1-5-13(15-10-7-11-31-15)22-16-17(21(30)26(4)24-19(16)28)23-14-9-6-8-12(18(14)27)20(29)25(2)3/h6-11,13,22-23,27H,5H2,1-4H3,(H,24,28)/t13-/m1/s1. The van der Waals surface area contributed by atoms with E-state index in [4.69, 9.17) is 0 Å². The number of aromatic amines is 1. The number of aryl methyl sites for hydroxylation is 1. The van der Waals surface area contributed by atoms with Crippen LogP contribution in [0.15, 0.2) is 45.3 Å². The summed E-state index contributed by atoms with van der Waals surface area (Å²) in [5.74, 6) is -0.693. The molecule has 0 radical (unpaired) electrons. The molecule has 0 bridgehead atoms. The van der Waals surface area contributed by atoms with E-state index in [0.717, 1.165) is 9.56 Å². The Kier molecular flexibility index (Phi) is 6.50. The molecule has 164 valence electrons. The lowest BCUT2D eigenvalue weighted by molar-refractivity contribution is 0.0824. The van der Waals surface area contributed by atoms with Crippen LogP contribution < -0.4 is 21.8 Å². The molecule has 9 nitrogen and oxygen atoms in total. The number of thiophene rings is 1. The zero-order valence-electron chi connectivity index (χ0n) is 17.7. The fraction of sp³-hybridized carbons (Fsp3) is 0.286. The van der Waals surface area contributed by atoms with E-state index in [2.05, 4.69) is 15.7 Å². The summed E-state index contributed by atoms with van der Waals surface area (Å²) in [5, 5.41) is 21.1. The van der Waals surface area contributed by atoms with Gasteiger partial charge < -0.3 is 20.6 Å². The number of aromatic nitrogens is 2. The lowest BCUT2D eigenvalue weighted by atomic mass is 10.1. The zero-order valence-corrected chi connectivity index (χ0v) is 18.5. The summed E-state index contributed by atoms with van der Waals surface area (Å²) in [7, 11) is 4.58. The summed E-state index contributed by atoms with van der Waals surface area (Å²) in [6.45, 7) is 1.97. The molecule has 0 aliphatic rings. The zero-order chi connectivity index (χ0) is 22.7. The third kappa shape index (κ3) is 4.48. The van der Waals surface area contributed by atoms with Crippen LogP contribution in [0.1, 0.15) is 34.6 Å². The first-order chi connectivity index (χ1) is 14.7. The summed E-state index contributed by atoms with van der Waals surface area (Å²) in [5.41, 5.74) is -0.719. The Morgan fingerprint density at radius 2 is 1.97 bits per heavy atom. The molecule has 10 heteroatoms. The third-order valence-electron chi connectivity index (χ3n) is 4.81. The lowest BCUT2D eigenvalue weighted by Crippen LogP contribution is -2.32. The van der Waals surface area contributed by atoms with Gasteiger partial charge in [0.1, 0.15) is 11.4 Å². The number of para-hydroxylation sites is 1. The second-order valence-electron chi connectivity index (χ2n) is 7.20. The molecular formula is C21H25N5O4S. The van der Waals surface area contributed by atoms with Crippen LogP contribution in [0.25, 0.3) is 0 Å². The highest BCUT2D eigenvalue weighted by Crippen LogP contribution is 2.33. The van der Waals surface area contributed by atoms with Gasteiger partial charge in [-0.25, -0.2) is 0 Å². The number of benzene rings is 1. The minimum Gasteiger partial charge on any atom is -0.505 e. The molecule has 4 N–H and O–H groups in total. The molecular weight excluding hydrogens is 418 g/mol. The lowest BCUT2D eigenvalue weighted by Gasteiger charge is -2.20. The van der Waals surface area contributed by atoms with Gasteiger partial charge in [0.15, 0.2) is 5.75 Å². The van der Waals surface area contributed by atoms with Gasteiger partial charge in [0, 0.05) is 26.0 Å². The largest absolute Gasteiger partial charge is 0.505 e. The molecule has 3 rings (SSSR count). The van der Waals surface area contributed by atoms with Gasteiger partial charge in [-0.2, -0.15) is 0 Å². The number of carbonyl (C=O) groups excluding carboxylic acids is 1. The van der Waals surface area contributed by atoms with Crippen LogP contribution in [0.3, 0.4) is 0 Å². The Morgan fingerprint density at radius 1 is 1.23 bits per heavy atom. The fourth-order valence-corrected chi connectivity index (χ4v) is 3.99. The highest BCUT2D eigenvalue weighted by atomic mass is 32.1. The van der Waals surface area contributed by atoms with Crippen LogP contribution >= 0.6 is 11.3 Å². The highest BCUT2D eigenvalue weighted by molar-refractivity contribution is 7.10. The molecule has 0 fully saturated rings. The van der Waals surface area contributed by atoms with Crippen molar-refractivity contribution < 1.29 is 9.90 Å². The second-order valence-corrected chi connectivity index (χ2v) is 8.18. The predicted octanol–water partition coefficient (Wildman–Crippen LogP) is 2.85. The average Bonchev–Trinajstić information content (AvgIpc) is 3.27. The van der Waals surface area contributed by atoms with Crippen LogP contribution in [0.4, 0.5) is 17.1 Å². The van der Waals surface area contributed by atoms with E-state index in [1.807, 2.05) is 24.4 Å². The highest BCUT2D eigenvalue weighted by Gasteiger charge is 2.21. The first kappa shape index (κ1) is 22.2. The molecule has 3 aromatic rings. The minimum absolute atomic E-state index is 0.0222. The molecule has 2 heterocycles. The maximum Gasteiger partial charge on any atom is 0.290 e. The van der Waals surface area contributed by atoms with Crippen molar-refractivity contribution >= 4 is 34.3 Å². The van der Waals surface area contributed by atoms with E-state index >= 15 is 0 Å². The van der Waals surface area contributed by atoms with Gasteiger partial charge in [0.05, 0.1) is 17.3 Å². The number of nitrogens with zero attached hydrogens (tertiary/aromatic N) is 2. The number of hydrogen-bond acceptors (Lipinski definition) is 7. The summed E-state index contributed by atoms with van der Waals surface area (Å²) in [6, 6.07) is 8.30. The molecule has 1 amide bonds. The van der Waals surface area contributed by atoms with E-state index in [0.29, 0.717) is 6.42 Å². The molecule has 1 atom stereocenters. The number of aromatic hydroxyl groups is 1.